The SMILES string of the molecule is BC(/N=N\NC)=N/NC. The average Bonchev–Trinajstić information content (AvgIpc) is 1.85. The third-order valence-corrected chi connectivity index (χ3v) is 0.568. The molecule has 0 spiro atoms. The van der Waals surface area contributed by atoms with Crippen molar-refractivity contribution < 1.29 is 0 Å². The molecule has 0 fully saturated rings. The summed E-state index contributed by atoms with van der Waals surface area (Å²) in [5, 5.41) is 10.9. The highest BCUT2D eigenvalue weighted by Crippen LogP contribution is 1.70. The molecule has 9 heavy (non-hydrogen) atoms. The number of amidine groups is 1. The number of hydrazone groups is 1. The maximum absolute atomic E-state index is 3.73. The molecule has 0 amide bonds. The summed E-state index contributed by atoms with van der Waals surface area (Å²) < 4.78 is 0. The van der Waals surface area contributed by atoms with E-state index in [4.69, 9.17) is 0 Å². The van der Waals surface area contributed by atoms with Crippen LogP contribution in [0.15, 0.2) is 15.4 Å². The Morgan fingerprint density at radius 2 is 2.00 bits per heavy atom. The molecule has 0 aromatic rings. The van der Waals surface area contributed by atoms with E-state index in [0.29, 0.717) is 5.73 Å². The molecule has 5 nitrogen and oxygen atoms in total. The lowest BCUT2D eigenvalue weighted by molar-refractivity contribution is 0.824. The van der Waals surface area contributed by atoms with Gasteiger partial charge in [-0.2, -0.15) is 5.10 Å². The highest BCUT2D eigenvalue weighted by molar-refractivity contribution is 6.59. The Morgan fingerprint density at radius 1 is 1.33 bits per heavy atom. The van der Waals surface area contributed by atoms with E-state index < -0.39 is 0 Å². The van der Waals surface area contributed by atoms with Gasteiger partial charge in [-0.1, -0.05) is 5.22 Å². The largest absolute Gasteiger partial charge is 0.312 e. The Labute approximate surface area is 55.0 Å². The molecule has 0 heterocycles. The standard InChI is InChI=1S/C3H10BN5/c1-5-7-3(4)8-9-6-2/h5H,4H2,1-2H3,(H,6,7,8). The van der Waals surface area contributed by atoms with Crippen LogP contribution in [0.25, 0.3) is 0 Å². The molecule has 6 heteroatoms. The minimum Gasteiger partial charge on any atom is -0.312 e. The maximum atomic E-state index is 3.73. The van der Waals surface area contributed by atoms with Gasteiger partial charge < -0.3 is 5.43 Å². The zero-order chi connectivity index (χ0) is 7.11. The zero-order valence-electron chi connectivity index (χ0n) is 5.84. The Kier molecular flexibility index (Phi) is 4.48. The fourth-order valence-electron chi connectivity index (χ4n) is 0.307. The minimum atomic E-state index is 0.590. The van der Waals surface area contributed by atoms with Gasteiger partial charge in [0.05, 0.1) is 0 Å². The van der Waals surface area contributed by atoms with Gasteiger partial charge in [-0.15, -0.1) is 5.11 Å². The van der Waals surface area contributed by atoms with Crippen LogP contribution in [-0.2, 0) is 0 Å². The minimum absolute atomic E-state index is 0.590. The van der Waals surface area contributed by atoms with Crippen molar-refractivity contribution in [2.45, 2.75) is 0 Å². The van der Waals surface area contributed by atoms with E-state index in [9.17, 15) is 0 Å². The average molecular weight is 127 g/mol. The van der Waals surface area contributed by atoms with Crippen molar-refractivity contribution in [2.75, 3.05) is 14.1 Å². The lowest BCUT2D eigenvalue weighted by Crippen LogP contribution is -2.03. The molecule has 0 aromatic heterocycles. The molecular formula is C3H10BN5. The lowest BCUT2D eigenvalue weighted by Gasteiger charge is -1.88. The molecule has 0 rings (SSSR count). The maximum Gasteiger partial charge on any atom is 0.194 e. The van der Waals surface area contributed by atoms with Gasteiger partial charge in [-0.3, -0.25) is 5.43 Å². The van der Waals surface area contributed by atoms with Crippen molar-refractivity contribution in [1.82, 2.24) is 10.9 Å². The summed E-state index contributed by atoms with van der Waals surface area (Å²) >= 11 is 0. The first-order valence-corrected chi connectivity index (χ1v) is 2.59. The third kappa shape index (κ3) is 4.79. The smallest absolute Gasteiger partial charge is 0.194 e. The summed E-state index contributed by atoms with van der Waals surface area (Å²) in [5.74, 6) is 0. The number of hydrogen-bond acceptors (Lipinski definition) is 3. The molecule has 0 aliphatic rings. The molecule has 0 aliphatic heterocycles. The molecule has 0 saturated carbocycles. The quantitative estimate of drug-likeness (QED) is 0.159. The van der Waals surface area contributed by atoms with Gasteiger partial charge in [0.2, 0.25) is 0 Å². The number of nitrogens with one attached hydrogen (secondary N) is 2. The highest BCUT2D eigenvalue weighted by Gasteiger charge is 1.80. The molecule has 0 aromatic carbocycles. The Bertz CT molecular complexity index is 119. The van der Waals surface area contributed by atoms with Crippen LogP contribution in [0.3, 0.4) is 0 Å². The molecule has 50 valence electrons. The van der Waals surface area contributed by atoms with Crippen LogP contribution in [-0.4, -0.2) is 27.7 Å². The first kappa shape index (κ1) is 7.93. The molecule has 2 N–H and O–H groups in total. The van der Waals surface area contributed by atoms with E-state index >= 15 is 0 Å². The van der Waals surface area contributed by atoms with E-state index in [0.717, 1.165) is 0 Å². The van der Waals surface area contributed by atoms with Crippen LogP contribution in [0.2, 0.25) is 0 Å². The van der Waals surface area contributed by atoms with E-state index in [1.54, 1.807) is 21.9 Å². The topological polar surface area (TPSA) is 61.1 Å². The summed E-state index contributed by atoms with van der Waals surface area (Å²) in [5.41, 5.74) is 5.68. The Hall–Kier alpha value is -1.07. The molecule has 0 radical (unpaired) electrons. The second-order valence-corrected chi connectivity index (χ2v) is 1.31. The van der Waals surface area contributed by atoms with E-state index in [2.05, 4.69) is 26.3 Å². The second kappa shape index (κ2) is 5.08. The van der Waals surface area contributed by atoms with Crippen LogP contribution >= 0.6 is 0 Å². The third-order valence-electron chi connectivity index (χ3n) is 0.568. The first-order valence-electron chi connectivity index (χ1n) is 2.59. The van der Waals surface area contributed by atoms with Crippen molar-refractivity contribution in [3.63, 3.8) is 0 Å². The Morgan fingerprint density at radius 3 is 2.44 bits per heavy atom. The Balaban J connectivity index is 3.60. The van der Waals surface area contributed by atoms with Crippen molar-refractivity contribution in [3.05, 3.63) is 0 Å². The van der Waals surface area contributed by atoms with Gasteiger partial charge in [-0.25, -0.2) is 0 Å². The van der Waals surface area contributed by atoms with Crippen LogP contribution in [0.4, 0.5) is 0 Å². The summed E-state index contributed by atoms with van der Waals surface area (Å²) in [6, 6.07) is 0. The summed E-state index contributed by atoms with van der Waals surface area (Å²) in [7, 11) is 5.13. The molecule has 0 unspecified atom stereocenters. The van der Waals surface area contributed by atoms with Crippen LogP contribution in [0.5, 0.6) is 0 Å². The van der Waals surface area contributed by atoms with Crippen molar-refractivity contribution in [3.8, 4) is 0 Å². The number of nitrogens with zero attached hydrogens (tertiary/aromatic N) is 3. The van der Waals surface area contributed by atoms with Gasteiger partial charge >= 0.3 is 0 Å². The van der Waals surface area contributed by atoms with Gasteiger partial charge in [0.25, 0.3) is 0 Å². The van der Waals surface area contributed by atoms with E-state index in [-0.39, 0.29) is 0 Å². The van der Waals surface area contributed by atoms with Crippen molar-refractivity contribution >= 4 is 13.6 Å². The molecule has 0 atom stereocenters. The van der Waals surface area contributed by atoms with Crippen LogP contribution < -0.4 is 10.9 Å². The van der Waals surface area contributed by atoms with Gasteiger partial charge in [0.1, 0.15) is 5.73 Å². The number of hydrogen-bond donors (Lipinski definition) is 2. The monoisotopic (exact) mass is 127 g/mol. The van der Waals surface area contributed by atoms with Crippen LogP contribution in [0, 0.1) is 0 Å². The van der Waals surface area contributed by atoms with Crippen molar-refractivity contribution in [1.29, 1.82) is 0 Å². The summed E-state index contributed by atoms with van der Waals surface area (Å²) in [4.78, 5) is 0. The predicted octanol–water partition coefficient (Wildman–Crippen LogP) is -1.30. The van der Waals surface area contributed by atoms with E-state index in [1.165, 1.54) is 0 Å². The number of rotatable bonds is 2. The van der Waals surface area contributed by atoms with E-state index in [1.807, 2.05) is 0 Å². The lowest BCUT2D eigenvalue weighted by atomic mass is 10.1. The zero-order valence-corrected chi connectivity index (χ0v) is 5.84. The van der Waals surface area contributed by atoms with Crippen molar-refractivity contribution in [2.24, 2.45) is 15.4 Å². The summed E-state index contributed by atoms with van der Waals surface area (Å²) in [6.45, 7) is 0. The molecule has 0 bridgehead atoms. The van der Waals surface area contributed by atoms with Crippen LogP contribution in [0.1, 0.15) is 0 Å². The highest BCUT2D eigenvalue weighted by atomic mass is 15.4. The fraction of sp³-hybridized carbons (Fsp3) is 0.667. The first-order chi connectivity index (χ1) is 4.31. The molecular weight excluding hydrogens is 117 g/mol. The normalized spacial score (nSPS) is 12.0. The van der Waals surface area contributed by atoms with Gasteiger partial charge in [-0.05, 0) is 0 Å². The predicted molar refractivity (Wildman–Crippen MR) is 39.0 cm³/mol. The van der Waals surface area contributed by atoms with Gasteiger partial charge in [0, 0.05) is 14.1 Å². The fourth-order valence-corrected chi connectivity index (χ4v) is 0.307. The molecule has 0 aliphatic carbocycles. The molecule has 0 saturated heterocycles. The van der Waals surface area contributed by atoms with Gasteiger partial charge in [0.15, 0.2) is 7.85 Å². The second-order valence-electron chi connectivity index (χ2n) is 1.31. The summed E-state index contributed by atoms with van der Waals surface area (Å²) in [6.07, 6.45) is 0.